The Balaban J connectivity index is 1.67. The molecule has 44 heavy (non-hydrogen) atoms. The van der Waals surface area contributed by atoms with Crippen molar-refractivity contribution in [2.45, 2.75) is 4.90 Å². The average molecular weight is 657 g/mol. The number of hydrogen-bond acceptors (Lipinski definition) is 14. The number of rotatable bonds is 35. The van der Waals surface area contributed by atoms with E-state index in [0.717, 1.165) is 0 Å². The molecule has 0 saturated heterocycles. The van der Waals surface area contributed by atoms with E-state index in [0.29, 0.717) is 132 Å². The minimum absolute atomic E-state index is 0.0577. The fraction of sp³-hybridized carbons (Fsp3) is 0.793. The maximum atomic E-state index is 12.0. The van der Waals surface area contributed by atoms with Gasteiger partial charge in [0.15, 0.2) is 0 Å². The Hall–Kier alpha value is -1.31. The third-order valence-electron chi connectivity index (χ3n) is 5.28. The molecule has 258 valence electrons. The number of ether oxygens (including phenoxy) is 11. The second-order valence-corrected chi connectivity index (χ2v) is 10.3. The molecule has 0 aliphatic carbocycles. The lowest BCUT2D eigenvalue weighted by Crippen LogP contribution is -2.15. The van der Waals surface area contributed by atoms with Gasteiger partial charge in [-0.15, -0.1) is 0 Å². The molecule has 0 aromatic heterocycles. The summed E-state index contributed by atoms with van der Waals surface area (Å²) < 4.78 is 87.8. The van der Waals surface area contributed by atoms with Gasteiger partial charge in [0.2, 0.25) is 0 Å². The largest absolute Gasteiger partial charge is 0.382 e. The van der Waals surface area contributed by atoms with Crippen molar-refractivity contribution >= 4 is 10.1 Å². The van der Waals surface area contributed by atoms with Gasteiger partial charge in [0.25, 0.3) is 10.1 Å². The maximum Gasteiger partial charge on any atom is 0.297 e. The number of benzene rings is 1. The highest BCUT2D eigenvalue weighted by Gasteiger charge is 2.13. The van der Waals surface area contributed by atoms with Gasteiger partial charge in [0.05, 0.1) is 150 Å². The van der Waals surface area contributed by atoms with Crippen LogP contribution in [0.3, 0.4) is 0 Å². The molecule has 1 aromatic carbocycles. The van der Waals surface area contributed by atoms with Crippen LogP contribution in [0.15, 0.2) is 35.2 Å². The molecule has 0 aliphatic rings. The summed E-state index contributed by atoms with van der Waals surface area (Å²) in [5, 5.41) is 0. The Morgan fingerprint density at radius 2 is 0.636 bits per heavy atom. The first-order valence-corrected chi connectivity index (χ1v) is 16.3. The van der Waals surface area contributed by atoms with E-state index in [9.17, 15) is 8.42 Å². The average Bonchev–Trinajstić information content (AvgIpc) is 3.03. The summed E-state index contributed by atoms with van der Waals surface area (Å²) >= 11 is 0. The van der Waals surface area contributed by atoms with Crippen molar-refractivity contribution in [3.63, 3.8) is 0 Å². The Morgan fingerprint density at radius 3 is 0.909 bits per heavy atom. The van der Waals surface area contributed by atoms with Gasteiger partial charge in [0.1, 0.15) is 0 Å². The summed E-state index contributed by atoms with van der Waals surface area (Å²) in [6, 6.07) is 7.98. The van der Waals surface area contributed by atoms with Crippen LogP contribution in [0.1, 0.15) is 0 Å². The van der Waals surface area contributed by atoms with Crippen LogP contribution in [0.2, 0.25) is 0 Å². The van der Waals surface area contributed by atoms with Gasteiger partial charge in [-0.05, 0) is 12.1 Å². The molecule has 15 heteroatoms. The molecule has 0 aliphatic heterocycles. The van der Waals surface area contributed by atoms with E-state index in [2.05, 4.69) is 0 Å². The van der Waals surface area contributed by atoms with E-state index in [1.54, 1.807) is 25.3 Å². The second-order valence-electron chi connectivity index (χ2n) is 8.71. The van der Waals surface area contributed by atoms with Crippen LogP contribution < -0.4 is 0 Å². The fourth-order valence-electron chi connectivity index (χ4n) is 3.08. The molecule has 1 aromatic rings. The molecule has 0 unspecified atom stereocenters. The van der Waals surface area contributed by atoms with Crippen molar-refractivity contribution < 1.29 is 64.7 Å². The van der Waals surface area contributed by atoms with Gasteiger partial charge in [-0.1, -0.05) is 18.2 Å². The Kier molecular flexibility index (Phi) is 29.3. The number of methoxy groups -OCH3 is 1. The monoisotopic (exact) mass is 656 g/mol. The summed E-state index contributed by atoms with van der Waals surface area (Å²) in [4.78, 5) is 0.121. The van der Waals surface area contributed by atoms with E-state index in [1.165, 1.54) is 12.1 Å². The van der Waals surface area contributed by atoms with Crippen LogP contribution in [-0.2, 0) is 66.4 Å². The minimum atomic E-state index is -3.76. The van der Waals surface area contributed by atoms with E-state index >= 15 is 0 Å². The third kappa shape index (κ3) is 27.0. The first-order chi connectivity index (χ1) is 21.7. The van der Waals surface area contributed by atoms with Crippen LogP contribution in [-0.4, -0.2) is 161 Å². The molecule has 0 spiro atoms. The van der Waals surface area contributed by atoms with Crippen molar-refractivity contribution in [3.8, 4) is 0 Å². The molecule has 0 fully saturated rings. The summed E-state index contributed by atoms with van der Waals surface area (Å²) in [7, 11) is -2.12. The van der Waals surface area contributed by atoms with Crippen molar-refractivity contribution in [1.29, 1.82) is 0 Å². The third-order valence-corrected chi connectivity index (χ3v) is 6.60. The zero-order valence-electron chi connectivity index (χ0n) is 26.1. The summed E-state index contributed by atoms with van der Waals surface area (Å²) in [6.45, 7) is 9.83. The van der Waals surface area contributed by atoms with Gasteiger partial charge in [-0.3, -0.25) is 4.18 Å². The summed E-state index contributed by atoms with van der Waals surface area (Å²) in [5.74, 6) is 0. The number of hydrogen-bond donors (Lipinski definition) is 0. The van der Waals surface area contributed by atoms with Gasteiger partial charge >= 0.3 is 0 Å². The maximum absolute atomic E-state index is 12.0. The molecule has 14 nitrogen and oxygen atoms in total. The van der Waals surface area contributed by atoms with Gasteiger partial charge < -0.3 is 52.1 Å². The van der Waals surface area contributed by atoms with Crippen molar-refractivity contribution in [2.75, 3.05) is 152 Å². The van der Waals surface area contributed by atoms with Crippen LogP contribution in [0, 0.1) is 0 Å². The van der Waals surface area contributed by atoms with Crippen LogP contribution in [0.4, 0.5) is 0 Å². The minimum Gasteiger partial charge on any atom is -0.382 e. The highest BCUT2D eigenvalue weighted by atomic mass is 32.2. The van der Waals surface area contributed by atoms with E-state index in [1.807, 2.05) is 0 Å². The molecule has 1 rings (SSSR count). The Bertz CT molecular complexity index is 816. The molecule has 0 amide bonds. The Labute approximate surface area is 262 Å². The van der Waals surface area contributed by atoms with E-state index in [4.69, 9.17) is 56.3 Å². The lowest BCUT2D eigenvalue weighted by atomic mass is 10.4. The van der Waals surface area contributed by atoms with E-state index in [-0.39, 0.29) is 18.1 Å². The molecular formula is C29H52O14S. The SMILES string of the molecule is COCCOCCOCCOCCOCCOCCOCCOCCOCCOCCOCCOS(=O)(=O)c1ccccc1. The molecule has 0 heterocycles. The van der Waals surface area contributed by atoms with Gasteiger partial charge in [0, 0.05) is 7.11 Å². The van der Waals surface area contributed by atoms with Crippen LogP contribution in [0.25, 0.3) is 0 Å². The lowest BCUT2D eigenvalue weighted by molar-refractivity contribution is -0.0273. The van der Waals surface area contributed by atoms with Crippen molar-refractivity contribution in [3.05, 3.63) is 30.3 Å². The quantitative estimate of drug-likeness (QED) is 0.0762. The molecule has 0 bridgehead atoms. The molecule has 0 saturated carbocycles. The normalized spacial score (nSPS) is 11.8. The molecule has 0 N–H and O–H groups in total. The van der Waals surface area contributed by atoms with Crippen molar-refractivity contribution in [1.82, 2.24) is 0 Å². The highest BCUT2D eigenvalue weighted by Crippen LogP contribution is 2.10. The van der Waals surface area contributed by atoms with Crippen LogP contribution >= 0.6 is 0 Å². The molecular weight excluding hydrogens is 604 g/mol. The zero-order chi connectivity index (χ0) is 31.7. The first kappa shape index (κ1) is 40.7. The first-order valence-electron chi connectivity index (χ1n) is 14.9. The van der Waals surface area contributed by atoms with Crippen molar-refractivity contribution in [2.24, 2.45) is 0 Å². The fourth-order valence-corrected chi connectivity index (χ4v) is 4.00. The predicted molar refractivity (Wildman–Crippen MR) is 160 cm³/mol. The summed E-state index contributed by atoms with van der Waals surface area (Å²) in [5.41, 5.74) is 0. The van der Waals surface area contributed by atoms with Gasteiger partial charge in [-0.25, -0.2) is 0 Å². The lowest BCUT2D eigenvalue weighted by Gasteiger charge is -2.09. The Morgan fingerprint density at radius 1 is 0.386 bits per heavy atom. The molecule has 0 radical (unpaired) electrons. The van der Waals surface area contributed by atoms with Gasteiger partial charge in [-0.2, -0.15) is 8.42 Å². The zero-order valence-corrected chi connectivity index (χ0v) is 26.9. The smallest absolute Gasteiger partial charge is 0.297 e. The standard InChI is InChI=1S/C29H52O14S/c1-32-7-8-33-9-10-34-11-12-35-13-14-36-15-16-37-17-18-38-19-20-39-21-22-40-23-24-41-25-26-42-27-28-43-44(30,31)29-5-3-2-4-6-29/h2-6H,7-28H2,1H3. The highest BCUT2D eigenvalue weighted by molar-refractivity contribution is 7.86. The molecule has 0 atom stereocenters. The van der Waals surface area contributed by atoms with Crippen LogP contribution in [0.5, 0.6) is 0 Å². The topological polar surface area (TPSA) is 145 Å². The summed E-state index contributed by atoms with van der Waals surface area (Å²) in [6.07, 6.45) is 0. The van der Waals surface area contributed by atoms with E-state index < -0.39 is 10.1 Å². The predicted octanol–water partition coefficient (Wildman–Crippen LogP) is 1.20. The second kappa shape index (κ2) is 31.7.